The van der Waals surface area contributed by atoms with E-state index in [1.165, 1.54) is 0 Å². The van der Waals surface area contributed by atoms with Crippen molar-refractivity contribution in [2.45, 2.75) is 19.8 Å². The van der Waals surface area contributed by atoms with Gasteiger partial charge in [0.05, 0.1) is 6.33 Å². The Morgan fingerprint density at radius 3 is 3.00 bits per heavy atom. The molecule has 0 amide bonds. The van der Waals surface area contributed by atoms with E-state index in [-0.39, 0.29) is 6.61 Å². The molecule has 1 rings (SSSR count). The van der Waals surface area contributed by atoms with E-state index >= 15 is 0 Å². The van der Waals surface area contributed by atoms with Crippen molar-refractivity contribution >= 4 is 0 Å². The van der Waals surface area contributed by atoms with Crippen LogP contribution in [0.1, 0.15) is 19.0 Å². The van der Waals surface area contributed by atoms with Gasteiger partial charge in [0, 0.05) is 18.5 Å². The molecular formula is C8H14N2O. The van der Waals surface area contributed by atoms with E-state index in [2.05, 4.69) is 16.9 Å². The molecule has 0 saturated heterocycles. The molecule has 1 aromatic heterocycles. The van der Waals surface area contributed by atoms with Gasteiger partial charge in [-0.3, -0.25) is 0 Å². The number of aromatic nitrogens is 2. The summed E-state index contributed by atoms with van der Waals surface area (Å²) in [6.45, 7) is 2.34. The van der Waals surface area contributed by atoms with E-state index in [4.69, 9.17) is 5.11 Å². The Bertz CT molecular complexity index is 180. The largest absolute Gasteiger partial charge is 0.396 e. The molecule has 2 N–H and O–H groups in total. The van der Waals surface area contributed by atoms with Gasteiger partial charge in [-0.1, -0.05) is 13.3 Å². The molecule has 0 radical (unpaired) electrons. The van der Waals surface area contributed by atoms with Crippen molar-refractivity contribution in [2.75, 3.05) is 6.61 Å². The van der Waals surface area contributed by atoms with Gasteiger partial charge in [0.15, 0.2) is 0 Å². The Kier molecular flexibility index (Phi) is 3.11. The van der Waals surface area contributed by atoms with Crippen LogP contribution in [0.15, 0.2) is 12.5 Å². The smallest absolute Gasteiger partial charge is 0.0921 e. The number of hydrogen-bond acceptors (Lipinski definition) is 2. The van der Waals surface area contributed by atoms with Crippen LogP contribution in [0.4, 0.5) is 0 Å². The normalized spacial score (nSPS) is 13.3. The lowest BCUT2D eigenvalue weighted by Crippen LogP contribution is -2.08. The Morgan fingerprint density at radius 1 is 1.73 bits per heavy atom. The average Bonchev–Trinajstić information content (AvgIpc) is 2.52. The maximum atomic E-state index is 8.89. The Labute approximate surface area is 66.5 Å². The molecule has 62 valence electrons. The number of aliphatic hydroxyl groups excluding tert-OH is 1. The van der Waals surface area contributed by atoms with Gasteiger partial charge in [0.25, 0.3) is 0 Å². The molecule has 0 aliphatic carbocycles. The lowest BCUT2D eigenvalue weighted by Gasteiger charge is -2.08. The molecule has 1 atom stereocenters. The fourth-order valence-corrected chi connectivity index (χ4v) is 1.05. The lowest BCUT2D eigenvalue weighted by molar-refractivity contribution is 0.221. The van der Waals surface area contributed by atoms with Crippen LogP contribution < -0.4 is 0 Å². The van der Waals surface area contributed by atoms with Crippen LogP contribution in [0.5, 0.6) is 0 Å². The molecule has 0 aliphatic heterocycles. The maximum absolute atomic E-state index is 8.89. The second kappa shape index (κ2) is 4.13. The number of H-pyrrole nitrogens is 1. The van der Waals surface area contributed by atoms with Crippen molar-refractivity contribution < 1.29 is 5.11 Å². The monoisotopic (exact) mass is 154 g/mol. The number of rotatable bonds is 4. The third kappa shape index (κ3) is 2.35. The van der Waals surface area contributed by atoms with E-state index < -0.39 is 0 Å². The van der Waals surface area contributed by atoms with Gasteiger partial charge < -0.3 is 10.1 Å². The first-order valence-corrected chi connectivity index (χ1v) is 3.95. The highest BCUT2D eigenvalue weighted by Crippen LogP contribution is 2.08. The van der Waals surface area contributed by atoms with Crippen LogP contribution in [0.25, 0.3) is 0 Å². The van der Waals surface area contributed by atoms with Crippen LogP contribution in [0.2, 0.25) is 0 Å². The molecule has 0 fully saturated rings. The van der Waals surface area contributed by atoms with Gasteiger partial charge in [-0.25, -0.2) is 4.98 Å². The molecule has 0 unspecified atom stereocenters. The van der Waals surface area contributed by atoms with Gasteiger partial charge in [-0.15, -0.1) is 0 Å². The first-order valence-electron chi connectivity index (χ1n) is 3.95. The zero-order valence-electron chi connectivity index (χ0n) is 6.75. The third-order valence-corrected chi connectivity index (χ3v) is 1.90. The quantitative estimate of drug-likeness (QED) is 0.679. The van der Waals surface area contributed by atoms with Crippen molar-refractivity contribution in [3.8, 4) is 0 Å². The van der Waals surface area contributed by atoms with Crippen molar-refractivity contribution in [3.05, 3.63) is 18.2 Å². The summed E-state index contributed by atoms with van der Waals surface area (Å²) >= 11 is 0. The molecule has 3 heteroatoms. The minimum Gasteiger partial charge on any atom is -0.396 e. The first-order chi connectivity index (χ1) is 5.36. The van der Waals surface area contributed by atoms with E-state index in [0.29, 0.717) is 5.92 Å². The number of imidazole rings is 1. The highest BCUT2D eigenvalue weighted by atomic mass is 16.3. The molecule has 11 heavy (non-hydrogen) atoms. The Balaban J connectivity index is 2.41. The molecule has 3 nitrogen and oxygen atoms in total. The molecule has 0 spiro atoms. The van der Waals surface area contributed by atoms with Gasteiger partial charge in [0.2, 0.25) is 0 Å². The zero-order chi connectivity index (χ0) is 8.10. The van der Waals surface area contributed by atoms with Crippen LogP contribution in [-0.4, -0.2) is 21.7 Å². The Hall–Kier alpha value is -0.830. The number of nitrogens with zero attached hydrogens (tertiary/aromatic N) is 1. The number of aromatic amines is 1. The summed E-state index contributed by atoms with van der Waals surface area (Å²) < 4.78 is 0. The van der Waals surface area contributed by atoms with Gasteiger partial charge >= 0.3 is 0 Å². The van der Waals surface area contributed by atoms with Crippen molar-refractivity contribution in [2.24, 2.45) is 5.92 Å². The fraction of sp³-hybridized carbons (Fsp3) is 0.625. The van der Waals surface area contributed by atoms with Gasteiger partial charge in [0.1, 0.15) is 0 Å². The molecule has 0 bridgehead atoms. The van der Waals surface area contributed by atoms with E-state index in [1.54, 1.807) is 12.5 Å². The van der Waals surface area contributed by atoms with Crippen LogP contribution in [0.3, 0.4) is 0 Å². The zero-order valence-corrected chi connectivity index (χ0v) is 6.75. The van der Waals surface area contributed by atoms with Crippen LogP contribution >= 0.6 is 0 Å². The summed E-state index contributed by atoms with van der Waals surface area (Å²) in [4.78, 5) is 6.92. The lowest BCUT2D eigenvalue weighted by atomic mass is 10.0. The predicted molar refractivity (Wildman–Crippen MR) is 43.2 cm³/mol. The Morgan fingerprint density at radius 2 is 2.55 bits per heavy atom. The van der Waals surface area contributed by atoms with Crippen LogP contribution in [0, 0.1) is 5.92 Å². The number of aliphatic hydroxyl groups is 1. The fourth-order valence-electron chi connectivity index (χ4n) is 1.05. The highest BCUT2D eigenvalue weighted by Gasteiger charge is 2.05. The summed E-state index contributed by atoms with van der Waals surface area (Å²) in [5.41, 5.74) is 1.10. The summed E-state index contributed by atoms with van der Waals surface area (Å²) in [7, 11) is 0. The molecule has 1 aromatic rings. The van der Waals surface area contributed by atoms with Crippen molar-refractivity contribution in [1.82, 2.24) is 9.97 Å². The minimum atomic E-state index is 0.259. The first kappa shape index (κ1) is 8.27. The summed E-state index contributed by atoms with van der Waals surface area (Å²) in [6.07, 6.45) is 5.38. The molecule has 0 aliphatic rings. The van der Waals surface area contributed by atoms with Crippen LogP contribution in [-0.2, 0) is 6.42 Å². The highest BCUT2D eigenvalue weighted by molar-refractivity contribution is 4.95. The second-order valence-electron chi connectivity index (χ2n) is 2.74. The van der Waals surface area contributed by atoms with Crippen molar-refractivity contribution in [3.63, 3.8) is 0 Å². The average molecular weight is 154 g/mol. The predicted octanol–water partition coefficient (Wildman–Crippen LogP) is 0.971. The summed E-state index contributed by atoms with van der Waals surface area (Å²) in [6, 6.07) is 0. The van der Waals surface area contributed by atoms with E-state index in [1.807, 2.05) is 0 Å². The third-order valence-electron chi connectivity index (χ3n) is 1.90. The summed E-state index contributed by atoms with van der Waals surface area (Å²) in [5.74, 6) is 0.371. The standard InChI is InChI=1S/C8H14N2O/c1-2-7(5-11)3-8-4-9-6-10-8/h4,6-7,11H,2-3,5H2,1H3,(H,9,10)/t7-/m0/s1. The van der Waals surface area contributed by atoms with Gasteiger partial charge in [-0.05, 0) is 12.3 Å². The number of hydrogen-bond donors (Lipinski definition) is 2. The van der Waals surface area contributed by atoms with Crippen molar-refractivity contribution in [1.29, 1.82) is 0 Å². The van der Waals surface area contributed by atoms with E-state index in [9.17, 15) is 0 Å². The molecule has 1 heterocycles. The minimum absolute atomic E-state index is 0.259. The molecule has 0 saturated carbocycles. The topological polar surface area (TPSA) is 48.9 Å². The van der Waals surface area contributed by atoms with E-state index in [0.717, 1.165) is 18.5 Å². The number of nitrogens with one attached hydrogen (secondary N) is 1. The second-order valence-corrected chi connectivity index (χ2v) is 2.74. The SMILES string of the molecule is CC[C@H](CO)Cc1cnc[nH]1. The van der Waals surface area contributed by atoms with Gasteiger partial charge in [-0.2, -0.15) is 0 Å². The molecular weight excluding hydrogens is 140 g/mol. The summed E-state index contributed by atoms with van der Waals surface area (Å²) in [5, 5.41) is 8.89. The molecule has 0 aromatic carbocycles. The maximum Gasteiger partial charge on any atom is 0.0921 e.